The molecule has 0 atom stereocenters. The van der Waals surface area contributed by atoms with Crippen LogP contribution in [0.4, 0.5) is 0 Å². The van der Waals surface area contributed by atoms with E-state index in [1.807, 2.05) is 24.3 Å². The lowest BCUT2D eigenvalue weighted by Crippen LogP contribution is -2.05. The molecule has 84 valence electrons. The van der Waals surface area contributed by atoms with Crippen LogP contribution in [0.2, 0.25) is 0 Å². The number of nitrogens with zero attached hydrogens (tertiary/aromatic N) is 3. The normalized spacial score (nSPS) is 10.4. The third-order valence-electron chi connectivity index (χ3n) is 2.27. The fourth-order valence-corrected chi connectivity index (χ4v) is 1.43. The number of ether oxygens (including phenoxy) is 1. The van der Waals surface area contributed by atoms with Crippen LogP contribution in [0.1, 0.15) is 11.1 Å². The Bertz CT molecular complexity index is 467. The van der Waals surface area contributed by atoms with Crippen molar-refractivity contribution in [1.29, 1.82) is 0 Å². The Morgan fingerprint density at radius 3 is 2.69 bits per heavy atom. The van der Waals surface area contributed by atoms with E-state index in [1.54, 1.807) is 18.1 Å². The molecular weight excluding hydrogens is 204 g/mol. The van der Waals surface area contributed by atoms with Crippen LogP contribution in [0.3, 0.4) is 0 Å². The zero-order valence-corrected chi connectivity index (χ0v) is 9.13. The van der Waals surface area contributed by atoms with Crippen molar-refractivity contribution in [3.05, 3.63) is 41.7 Å². The molecule has 0 amide bonds. The van der Waals surface area contributed by atoms with Crippen molar-refractivity contribution >= 4 is 0 Å². The number of hydrogen-bond acceptors (Lipinski definition) is 4. The van der Waals surface area contributed by atoms with E-state index in [-0.39, 0.29) is 0 Å². The maximum absolute atomic E-state index is 5.63. The Morgan fingerprint density at radius 1 is 1.31 bits per heavy atom. The zero-order valence-electron chi connectivity index (χ0n) is 9.13. The minimum atomic E-state index is 0.384. The summed E-state index contributed by atoms with van der Waals surface area (Å²) in [4.78, 5) is 3.98. The summed E-state index contributed by atoms with van der Waals surface area (Å²) in [6, 6.07) is 8.29. The van der Waals surface area contributed by atoms with Crippen LogP contribution >= 0.6 is 0 Å². The standard InChI is InChI=1S/C11H14N4O/c1-15-8-13-11(14-15)16-7-10-5-3-2-4-9(10)6-12/h2-5,8H,6-7,12H2,1H3. The number of aromatic nitrogens is 3. The lowest BCUT2D eigenvalue weighted by atomic mass is 10.1. The average molecular weight is 218 g/mol. The minimum Gasteiger partial charge on any atom is -0.458 e. The fourth-order valence-electron chi connectivity index (χ4n) is 1.43. The van der Waals surface area contributed by atoms with Crippen molar-refractivity contribution < 1.29 is 4.74 Å². The highest BCUT2D eigenvalue weighted by atomic mass is 16.5. The van der Waals surface area contributed by atoms with Gasteiger partial charge in [-0.15, -0.1) is 5.10 Å². The summed E-state index contributed by atoms with van der Waals surface area (Å²) < 4.78 is 7.06. The van der Waals surface area contributed by atoms with Crippen LogP contribution in [0.25, 0.3) is 0 Å². The summed E-state index contributed by atoms with van der Waals surface area (Å²) in [6.07, 6.45) is 1.60. The molecule has 2 aromatic rings. The van der Waals surface area contributed by atoms with Gasteiger partial charge in [0.1, 0.15) is 12.9 Å². The van der Waals surface area contributed by atoms with E-state index in [4.69, 9.17) is 10.5 Å². The minimum absolute atomic E-state index is 0.384. The number of rotatable bonds is 4. The summed E-state index contributed by atoms with van der Waals surface area (Å²) in [5.74, 6) is 0. The molecule has 1 heterocycles. The molecule has 1 aromatic carbocycles. The summed E-state index contributed by atoms with van der Waals surface area (Å²) in [5.41, 5.74) is 7.78. The van der Waals surface area contributed by atoms with Gasteiger partial charge < -0.3 is 10.5 Å². The molecule has 0 bridgehead atoms. The monoisotopic (exact) mass is 218 g/mol. The summed E-state index contributed by atoms with van der Waals surface area (Å²) in [5, 5.41) is 4.03. The summed E-state index contributed by atoms with van der Waals surface area (Å²) in [6.45, 7) is 0.951. The van der Waals surface area contributed by atoms with Gasteiger partial charge in [-0.1, -0.05) is 24.3 Å². The highest BCUT2D eigenvalue weighted by molar-refractivity contribution is 5.26. The second kappa shape index (κ2) is 4.76. The van der Waals surface area contributed by atoms with Gasteiger partial charge in [0.25, 0.3) is 0 Å². The summed E-state index contributed by atoms with van der Waals surface area (Å²) >= 11 is 0. The predicted molar refractivity (Wildman–Crippen MR) is 59.7 cm³/mol. The number of nitrogens with two attached hydrogens (primary N) is 1. The van der Waals surface area contributed by atoms with Gasteiger partial charge in [-0.3, -0.25) is 4.68 Å². The second-order valence-electron chi connectivity index (χ2n) is 3.46. The van der Waals surface area contributed by atoms with Crippen LogP contribution < -0.4 is 10.5 Å². The van der Waals surface area contributed by atoms with E-state index in [0.717, 1.165) is 11.1 Å². The first kappa shape index (κ1) is 10.6. The number of benzene rings is 1. The van der Waals surface area contributed by atoms with Gasteiger partial charge in [0.15, 0.2) is 0 Å². The summed E-state index contributed by atoms with van der Waals surface area (Å²) in [7, 11) is 1.80. The Morgan fingerprint density at radius 2 is 2.06 bits per heavy atom. The first-order chi connectivity index (χ1) is 7.79. The molecule has 0 spiro atoms. The molecule has 1 aromatic heterocycles. The van der Waals surface area contributed by atoms with Gasteiger partial charge in [0, 0.05) is 13.6 Å². The molecule has 5 nitrogen and oxygen atoms in total. The lowest BCUT2D eigenvalue weighted by Gasteiger charge is -2.06. The van der Waals surface area contributed by atoms with Crippen LogP contribution in [0, 0.1) is 0 Å². The van der Waals surface area contributed by atoms with Gasteiger partial charge in [0.2, 0.25) is 0 Å². The van der Waals surface area contributed by atoms with Gasteiger partial charge >= 0.3 is 6.01 Å². The molecule has 0 aliphatic heterocycles. The topological polar surface area (TPSA) is 66.0 Å². The van der Waals surface area contributed by atoms with Crippen molar-refractivity contribution in [2.45, 2.75) is 13.2 Å². The third kappa shape index (κ3) is 2.38. The van der Waals surface area contributed by atoms with E-state index in [0.29, 0.717) is 19.2 Å². The second-order valence-corrected chi connectivity index (χ2v) is 3.46. The Labute approximate surface area is 93.9 Å². The van der Waals surface area contributed by atoms with Crippen LogP contribution in [-0.2, 0) is 20.2 Å². The van der Waals surface area contributed by atoms with Gasteiger partial charge in [-0.25, -0.2) is 0 Å². The quantitative estimate of drug-likeness (QED) is 0.826. The van der Waals surface area contributed by atoms with Gasteiger partial charge in [0.05, 0.1) is 0 Å². The van der Waals surface area contributed by atoms with Crippen molar-refractivity contribution in [3.8, 4) is 6.01 Å². The van der Waals surface area contributed by atoms with E-state index in [2.05, 4.69) is 10.1 Å². The van der Waals surface area contributed by atoms with Crippen LogP contribution in [0.15, 0.2) is 30.6 Å². The van der Waals surface area contributed by atoms with Crippen molar-refractivity contribution in [2.75, 3.05) is 0 Å². The first-order valence-corrected chi connectivity index (χ1v) is 5.05. The van der Waals surface area contributed by atoms with Gasteiger partial charge in [-0.2, -0.15) is 4.98 Å². The van der Waals surface area contributed by atoms with Crippen molar-refractivity contribution in [2.24, 2.45) is 12.8 Å². The number of aryl methyl sites for hydroxylation is 1. The molecule has 0 saturated carbocycles. The number of hydrogen-bond donors (Lipinski definition) is 1. The van der Waals surface area contributed by atoms with Crippen LogP contribution in [-0.4, -0.2) is 14.8 Å². The van der Waals surface area contributed by atoms with Crippen molar-refractivity contribution in [1.82, 2.24) is 14.8 Å². The van der Waals surface area contributed by atoms with E-state index < -0.39 is 0 Å². The molecule has 0 radical (unpaired) electrons. The molecule has 0 saturated heterocycles. The maximum Gasteiger partial charge on any atom is 0.335 e. The Kier molecular flexibility index (Phi) is 3.16. The zero-order chi connectivity index (χ0) is 11.4. The largest absolute Gasteiger partial charge is 0.458 e. The lowest BCUT2D eigenvalue weighted by molar-refractivity contribution is 0.279. The van der Waals surface area contributed by atoms with Crippen molar-refractivity contribution in [3.63, 3.8) is 0 Å². The predicted octanol–water partition coefficient (Wildman–Crippen LogP) is 0.853. The molecule has 2 N–H and O–H groups in total. The molecular formula is C11H14N4O. The average Bonchev–Trinajstić information content (AvgIpc) is 2.73. The van der Waals surface area contributed by atoms with Gasteiger partial charge in [-0.05, 0) is 11.1 Å². The van der Waals surface area contributed by atoms with E-state index >= 15 is 0 Å². The molecule has 2 rings (SSSR count). The molecule has 0 aliphatic carbocycles. The molecule has 0 fully saturated rings. The van der Waals surface area contributed by atoms with E-state index in [9.17, 15) is 0 Å². The first-order valence-electron chi connectivity index (χ1n) is 5.05. The molecule has 5 heteroatoms. The van der Waals surface area contributed by atoms with E-state index in [1.165, 1.54) is 0 Å². The maximum atomic E-state index is 5.63. The smallest absolute Gasteiger partial charge is 0.335 e. The molecule has 0 aliphatic rings. The molecule has 0 unspecified atom stereocenters. The molecule has 16 heavy (non-hydrogen) atoms. The Hall–Kier alpha value is -1.88. The highest BCUT2D eigenvalue weighted by Crippen LogP contribution is 2.10. The Balaban J connectivity index is 2.04. The van der Waals surface area contributed by atoms with Crippen LogP contribution in [0.5, 0.6) is 6.01 Å². The fraction of sp³-hybridized carbons (Fsp3) is 0.273. The SMILES string of the molecule is Cn1cnc(OCc2ccccc2CN)n1. The third-order valence-corrected chi connectivity index (χ3v) is 2.27. The highest BCUT2D eigenvalue weighted by Gasteiger charge is 2.03.